The molecule has 1 fully saturated rings. The summed E-state index contributed by atoms with van der Waals surface area (Å²) in [5.41, 5.74) is 2.00. The summed E-state index contributed by atoms with van der Waals surface area (Å²) in [6.45, 7) is 1.86. The third-order valence-electron chi connectivity index (χ3n) is 3.42. The lowest BCUT2D eigenvalue weighted by Crippen LogP contribution is -2.35. The highest BCUT2D eigenvalue weighted by atomic mass is 16.6. The van der Waals surface area contributed by atoms with Crippen molar-refractivity contribution in [2.45, 2.75) is 31.5 Å². The van der Waals surface area contributed by atoms with Gasteiger partial charge in [0.25, 0.3) is 0 Å². The van der Waals surface area contributed by atoms with Crippen LogP contribution in [0.4, 0.5) is 0 Å². The molecule has 0 bridgehead atoms. The van der Waals surface area contributed by atoms with Crippen molar-refractivity contribution in [2.75, 3.05) is 0 Å². The summed E-state index contributed by atoms with van der Waals surface area (Å²) < 4.78 is 6.65. The van der Waals surface area contributed by atoms with Crippen molar-refractivity contribution in [3.8, 4) is 0 Å². The van der Waals surface area contributed by atoms with E-state index in [0.29, 0.717) is 11.2 Å². The summed E-state index contributed by atoms with van der Waals surface area (Å²) in [5.74, 6) is -1.33. The molecule has 0 radical (unpaired) electrons. The molecule has 0 saturated carbocycles. The Bertz CT molecular complexity index is 670. The molecule has 106 valence electrons. The van der Waals surface area contributed by atoms with Crippen LogP contribution in [0.3, 0.4) is 0 Å². The molecule has 0 spiro atoms. The lowest BCUT2D eigenvalue weighted by molar-refractivity contribution is -0.155. The second kappa shape index (κ2) is 4.51. The number of hydrogen-bond donors (Lipinski definition) is 3. The fraction of sp³-hybridized carbons (Fsp3) is 0.417. The first kappa shape index (κ1) is 13.0. The Labute approximate surface area is 113 Å². The number of pyridine rings is 1. The number of aliphatic hydroxyl groups is 2. The fourth-order valence-electron chi connectivity index (χ4n) is 2.34. The maximum Gasteiger partial charge on any atom is 0.335 e. The number of fused-ring (bicyclic) bond motifs is 1. The molecule has 0 aliphatic carbocycles. The van der Waals surface area contributed by atoms with Gasteiger partial charge in [0.2, 0.25) is 0 Å². The minimum atomic E-state index is -1.50. The van der Waals surface area contributed by atoms with Gasteiger partial charge in [-0.2, -0.15) is 0 Å². The number of aliphatic hydroxyl groups excluding tert-OH is 2. The van der Waals surface area contributed by atoms with Gasteiger partial charge < -0.3 is 20.1 Å². The molecule has 0 aromatic carbocycles. The summed E-state index contributed by atoms with van der Waals surface area (Å²) in [7, 11) is 0. The maximum absolute atomic E-state index is 11.0. The Morgan fingerprint density at radius 1 is 1.35 bits per heavy atom. The highest BCUT2D eigenvalue weighted by molar-refractivity contribution is 5.75. The molecule has 0 amide bonds. The van der Waals surface area contributed by atoms with E-state index >= 15 is 0 Å². The molecule has 2 aromatic heterocycles. The predicted molar refractivity (Wildman–Crippen MR) is 65.8 cm³/mol. The first-order valence-electron chi connectivity index (χ1n) is 6.03. The summed E-state index contributed by atoms with van der Waals surface area (Å²) in [4.78, 5) is 19.3. The van der Waals surface area contributed by atoms with Gasteiger partial charge in [-0.1, -0.05) is 0 Å². The number of nitrogens with zero attached hydrogens (tertiary/aromatic N) is 3. The largest absolute Gasteiger partial charge is 0.479 e. The number of carboxylic acid groups (broad SMARTS) is 1. The topological polar surface area (TPSA) is 118 Å². The molecule has 3 rings (SSSR count). The lowest BCUT2D eigenvalue weighted by Gasteiger charge is -2.16. The Morgan fingerprint density at radius 2 is 2.10 bits per heavy atom. The van der Waals surface area contributed by atoms with E-state index in [9.17, 15) is 15.0 Å². The van der Waals surface area contributed by atoms with Crippen molar-refractivity contribution in [1.82, 2.24) is 14.5 Å². The monoisotopic (exact) mass is 279 g/mol. The zero-order chi connectivity index (χ0) is 14.4. The van der Waals surface area contributed by atoms with Crippen molar-refractivity contribution in [3.63, 3.8) is 0 Å². The number of aryl methyl sites for hydroxylation is 1. The fourth-order valence-corrected chi connectivity index (χ4v) is 2.34. The van der Waals surface area contributed by atoms with Crippen LogP contribution in [0.1, 0.15) is 11.8 Å². The van der Waals surface area contributed by atoms with Gasteiger partial charge in [-0.05, 0) is 18.6 Å². The van der Waals surface area contributed by atoms with Gasteiger partial charge in [0.15, 0.2) is 18.0 Å². The SMILES string of the molecule is Cc1ccnc2c1ncn2[C@@H]1O[C@H](C(=O)O)[C@@H](O)[C@H]1O. The normalized spacial score (nSPS) is 29.9. The minimum absolute atomic E-state index is 0.465. The van der Waals surface area contributed by atoms with Crippen molar-refractivity contribution in [1.29, 1.82) is 0 Å². The number of carboxylic acids is 1. The van der Waals surface area contributed by atoms with Gasteiger partial charge in [-0.15, -0.1) is 0 Å². The van der Waals surface area contributed by atoms with Crippen LogP contribution in [0.2, 0.25) is 0 Å². The molecule has 3 N–H and O–H groups in total. The van der Waals surface area contributed by atoms with Gasteiger partial charge in [0, 0.05) is 6.20 Å². The van der Waals surface area contributed by atoms with Crippen LogP contribution in [-0.4, -0.2) is 54.1 Å². The predicted octanol–water partition coefficient (Wildman–Crippen LogP) is -0.556. The smallest absolute Gasteiger partial charge is 0.335 e. The average Bonchev–Trinajstić information content (AvgIpc) is 2.94. The second-order valence-electron chi connectivity index (χ2n) is 4.72. The van der Waals surface area contributed by atoms with E-state index < -0.39 is 30.5 Å². The highest BCUT2D eigenvalue weighted by Gasteiger charge is 2.47. The molecular formula is C12H13N3O5. The molecule has 4 atom stereocenters. The molecule has 8 nitrogen and oxygen atoms in total. The van der Waals surface area contributed by atoms with E-state index in [1.54, 1.807) is 12.3 Å². The van der Waals surface area contributed by atoms with Crippen molar-refractivity contribution < 1.29 is 24.9 Å². The number of rotatable bonds is 2. The van der Waals surface area contributed by atoms with E-state index in [1.165, 1.54) is 10.9 Å². The molecule has 1 aliphatic heterocycles. The van der Waals surface area contributed by atoms with Crippen LogP contribution < -0.4 is 0 Å². The standard InChI is InChI=1S/C12H13N3O5/c1-5-2-3-13-10-6(5)14-4-15(10)11-8(17)7(16)9(20-11)12(18)19/h2-4,7-9,11,16-17H,1H3,(H,18,19)/t7-,8+,9-,11+/m0/s1. The van der Waals surface area contributed by atoms with Crippen LogP contribution >= 0.6 is 0 Å². The molecular weight excluding hydrogens is 266 g/mol. The van der Waals surface area contributed by atoms with Crippen LogP contribution in [-0.2, 0) is 9.53 Å². The minimum Gasteiger partial charge on any atom is -0.479 e. The van der Waals surface area contributed by atoms with Gasteiger partial charge in [0.05, 0.1) is 6.33 Å². The second-order valence-corrected chi connectivity index (χ2v) is 4.72. The first-order valence-corrected chi connectivity index (χ1v) is 6.03. The summed E-state index contributed by atoms with van der Waals surface area (Å²) in [6, 6.07) is 1.79. The summed E-state index contributed by atoms with van der Waals surface area (Å²) >= 11 is 0. The number of hydrogen-bond acceptors (Lipinski definition) is 6. The van der Waals surface area contributed by atoms with Crippen molar-refractivity contribution >= 4 is 17.1 Å². The van der Waals surface area contributed by atoms with Gasteiger partial charge in [-0.25, -0.2) is 14.8 Å². The molecule has 20 heavy (non-hydrogen) atoms. The summed E-state index contributed by atoms with van der Waals surface area (Å²) in [6.07, 6.45) is -2.38. The number of carbonyl (C=O) groups is 1. The zero-order valence-corrected chi connectivity index (χ0v) is 10.5. The van der Waals surface area contributed by atoms with Crippen molar-refractivity contribution in [2.24, 2.45) is 0 Å². The number of aliphatic carboxylic acids is 1. The maximum atomic E-state index is 11.0. The third kappa shape index (κ3) is 1.77. The molecule has 1 saturated heterocycles. The highest BCUT2D eigenvalue weighted by Crippen LogP contribution is 2.31. The van der Waals surface area contributed by atoms with Gasteiger partial charge in [0.1, 0.15) is 17.7 Å². The number of ether oxygens (including phenoxy) is 1. The van der Waals surface area contributed by atoms with Gasteiger partial charge >= 0.3 is 5.97 Å². The van der Waals surface area contributed by atoms with E-state index in [4.69, 9.17) is 9.84 Å². The van der Waals surface area contributed by atoms with Gasteiger partial charge in [-0.3, -0.25) is 4.57 Å². The lowest BCUT2D eigenvalue weighted by atomic mass is 10.1. The molecule has 8 heteroatoms. The van der Waals surface area contributed by atoms with Crippen LogP contribution in [0, 0.1) is 6.92 Å². The Kier molecular flexibility index (Phi) is 2.93. The quantitative estimate of drug-likeness (QED) is 0.674. The van der Waals surface area contributed by atoms with E-state index in [-0.39, 0.29) is 0 Å². The Balaban J connectivity index is 2.04. The molecule has 0 unspecified atom stereocenters. The molecule has 2 aromatic rings. The summed E-state index contributed by atoms with van der Waals surface area (Å²) in [5, 5.41) is 28.6. The average molecular weight is 279 g/mol. The molecule has 3 heterocycles. The third-order valence-corrected chi connectivity index (χ3v) is 3.42. The Hall–Kier alpha value is -2.03. The van der Waals surface area contributed by atoms with E-state index in [2.05, 4.69) is 9.97 Å². The first-order chi connectivity index (χ1) is 9.50. The van der Waals surface area contributed by atoms with E-state index in [1.807, 2.05) is 6.92 Å². The van der Waals surface area contributed by atoms with Crippen LogP contribution in [0.5, 0.6) is 0 Å². The van der Waals surface area contributed by atoms with E-state index in [0.717, 1.165) is 5.56 Å². The number of imidazole rings is 1. The Morgan fingerprint density at radius 3 is 2.75 bits per heavy atom. The molecule has 1 aliphatic rings. The zero-order valence-electron chi connectivity index (χ0n) is 10.5. The number of aromatic nitrogens is 3. The van der Waals surface area contributed by atoms with Crippen LogP contribution in [0.25, 0.3) is 11.2 Å². The van der Waals surface area contributed by atoms with Crippen molar-refractivity contribution in [3.05, 3.63) is 24.2 Å². The van der Waals surface area contributed by atoms with Crippen LogP contribution in [0.15, 0.2) is 18.6 Å².